The van der Waals surface area contributed by atoms with Crippen molar-refractivity contribution in [1.29, 1.82) is 0 Å². The maximum Gasteiger partial charge on any atom is 0.257 e. The standard InChI is InChI=1S/C25H26FN7O/c1-14-10-32(13-20(29-14)16-3-4-16)21-6-5-18(22-23(21)28-8-7-27-22)25(34)31-17-9-19(26)24-30-15(2)11-33(24)12-17/h5-9,11-12,14,16,20,29H,3-4,10,13H2,1-2H3,(H,31,34)/t14-,20-/m1/s1. The lowest BCUT2D eigenvalue weighted by Crippen LogP contribution is -2.56. The van der Waals surface area contributed by atoms with Crippen LogP contribution in [-0.2, 0) is 0 Å². The van der Waals surface area contributed by atoms with Gasteiger partial charge in [0.05, 0.1) is 22.6 Å². The molecule has 0 spiro atoms. The number of hydrogen-bond acceptors (Lipinski definition) is 6. The predicted octanol–water partition coefficient (Wildman–Crippen LogP) is 3.55. The second-order valence-electron chi connectivity index (χ2n) is 9.45. The van der Waals surface area contributed by atoms with Crippen molar-refractivity contribution in [1.82, 2.24) is 24.7 Å². The second kappa shape index (κ2) is 8.02. The number of nitrogens with one attached hydrogen (secondary N) is 2. The van der Waals surface area contributed by atoms with Crippen LogP contribution in [0, 0.1) is 18.7 Å². The zero-order chi connectivity index (χ0) is 23.4. The Morgan fingerprint density at radius 1 is 1.15 bits per heavy atom. The number of halogens is 1. The second-order valence-corrected chi connectivity index (χ2v) is 9.45. The molecular formula is C25H26FN7O. The average Bonchev–Trinajstić information content (AvgIpc) is 3.59. The van der Waals surface area contributed by atoms with Gasteiger partial charge in [-0.25, -0.2) is 9.37 Å². The SMILES string of the molecule is Cc1cn2cc(NC(=O)c3ccc(N4C[C@@H](C)N[C@@H](C5CC5)C4)c4nccnc34)cc(F)c2n1. The maximum atomic E-state index is 14.5. The molecule has 2 aliphatic rings. The number of rotatable bonds is 4. The lowest BCUT2D eigenvalue weighted by Gasteiger charge is -2.39. The molecular weight excluding hydrogens is 433 g/mol. The van der Waals surface area contributed by atoms with E-state index < -0.39 is 5.82 Å². The van der Waals surface area contributed by atoms with Crippen molar-refractivity contribution in [2.45, 2.75) is 38.8 Å². The van der Waals surface area contributed by atoms with Crippen LogP contribution in [0.1, 0.15) is 35.8 Å². The highest BCUT2D eigenvalue weighted by Gasteiger charge is 2.36. The Morgan fingerprint density at radius 3 is 2.74 bits per heavy atom. The number of imidazole rings is 1. The summed E-state index contributed by atoms with van der Waals surface area (Å²) in [4.78, 5) is 28.8. The van der Waals surface area contributed by atoms with E-state index in [2.05, 4.69) is 37.4 Å². The Kier molecular flexibility index (Phi) is 4.95. The molecule has 174 valence electrons. The van der Waals surface area contributed by atoms with E-state index in [0.29, 0.717) is 40.1 Å². The molecule has 34 heavy (non-hydrogen) atoms. The lowest BCUT2D eigenvalue weighted by atomic mass is 10.0. The van der Waals surface area contributed by atoms with E-state index in [-0.39, 0.29) is 11.6 Å². The fourth-order valence-electron chi connectivity index (χ4n) is 5.02. The van der Waals surface area contributed by atoms with Gasteiger partial charge >= 0.3 is 0 Å². The quantitative estimate of drug-likeness (QED) is 0.485. The number of benzene rings is 1. The van der Waals surface area contributed by atoms with Gasteiger partial charge < -0.3 is 19.9 Å². The first-order valence-corrected chi connectivity index (χ1v) is 11.7. The van der Waals surface area contributed by atoms with Gasteiger partial charge in [-0.3, -0.25) is 14.8 Å². The summed E-state index contributed by atoms with van der Waals surface area (Å²) in [5.41, 5.74) is 3.89. The number of carbonyl (C=O) groups is 1. The fraction of sp³-hybridized carbons (Fsp3) is 0.360. The Labute approximate surface area is 196 Å². The maximum absolute atomic E-state index is 14.5. The Hall–Kier alpha value is -3.59. The number of pyridine rings is 1. The highest BCUT2D eigenvalue weighted by Crippen LogP contribution is 2.36. The molecule has 1 aromatic carbocycles. The topological polar surface area (TPSA) is 87.5 Å². The molecule has 1 saturated heterocycles. The predicted molar refractivity (Wildman–Crippen MR) is 129 cm³/mol. The monoisotopic (exact) mass is 459 g/mol. The summed E-state index contributed by atoms with van der Waals surface area (Å²) in [6.45, 7) is 5.78. The van der Waals surface area contributed by atoms with Gasteiger partial charge in [0.2, 0.25) is 0 Å². The minimum atomic E-state index is -0.496. The zero-order valence-corrected chi connectivity index (χ0v) is 19.1. The third-order valence-electron chi connectivity index (χ3n) is 6.67. The molecule has 8 nitrogen and oxygen atoms in total. The summed E-state index contributed by atoms with van der Waals surface area (Å²) >= 11 is 0. The normalized spacial score (nSPS) is 20.7. The van der Waals surface area contributed by atoms with Crippen LogP contribution in [0.3, 0.4) is 0 Å². The van der Waals surface area contributed by atoms with Gasteiger partial charge in [0.25, 0.3) is 5.91 Å². The Balaban J connectivity index is 1.33. The number of piperazine rings is 1. The number of hydrogen-bond donors (Lipinski definition) is 2. The molecule has 1 saturated carbocycles. The molecule has 0 radical (unpaired) electrons. The van der Waals surface area contributed by atoms with Crippen LogP contribution < -0.4 is 15.5 Å². The minimum absolute atomic E-state index is 0.228. The highest BCUT2D eigenvalue weighted by molar-refractivity contribution is 6.13. The minimum Gasteiger partial charge on any atom is -0.367 e. The number of aromatic nitrogens is 4. The van der Waals surface area contributed by atoms with Crippen LogP contribution >= 0.6 is 0 Å². The van der Waals surface area contributed by atoms with E-state index in [1.54, 1.807) is 42.2 Å². The van der Waals surface area contributed by atoms with Crippen LogP contribution in [0.25, 0.3) is 16.7 Å². The molecule has 4 aromatic rings. The first-order chi connectivity index (χ1) is 16.5. The summed E-state index contributed by atoms with van der Waals surface area (Å²) < 4.78 is 16.1. The smallest absolute Gasteiger partial charge is 0.257 e. The molecule has 6 rings (SSSR count). The van der Waals surface area contributed by atoms with Gasteiger partial charge in [-0.15, -0.1) is 0 Å². The summed E-state index contributed by atoms with van der Waals surface area (Å²) in [5.74, 6) is -0.120. The van der Waals surface area contributed by atoms with Crippen LogP contribution in [-0.4, -0.2) is 50.4 Å². The molecule has 2 N–H and O–H groups in total. The van der Waals surface area contributed by atoms with Crippen LogP contribution in [0.4, 0.5) is 15.8 Å². The van der Waals surface area contributed by atoms with E-state index in [1.807, 2.05) is 6.07 Å². The third kappa shape index (κ3) is 3.75. The van der Waals surface area contributed by atoms with Crippen LogP contribution in [0.5, 0.6) is 0 Å². The van der Waals surface area contributed by atoms with E-state index in [1.165, 1.54) is 18.9 Å². The van der Waals surface area contributed by atoms with E-state index in [4.69, 9.17) is 0 Å². The molecule has 1 aliphatic carbocycles. The molecule has 0 unspecified atom stereocenters. The molecule has 1 aliphatic heterocycles. The van der Waals surface area contributed by atoms with Crippen LogP contribution in [0.2, 0.25) is 0 Å². The molecule has 2 atom stereocenters. The lowest BCUT2D eigenvalue weighted by molar-refractivity contribution is 0.102. The van der Waals surface area contributed by atoms with Crippen molar-refractivity contribution in [3.8, 4) is 0 Å². The van der Waals surface area contributed by atoms with E-state index in [9.17, 15) is 9.18 Å². The van der Waals surface area contributed by atoms with Crippen molar-refractivity contribution in [2.24, 2.45) is 5.92 Å². The molecule has 2 fully saturated rings. The number of amides is 1. The van der Waals surface area contributed by atoms with Gasteiger partial charge in [0.1, 0.15) is 11.0 Å². The molecule has 3 aromatic heterocycles. The van der Waals surface area contributed by atoms with Gasteiger partial charge in [-0.1, -0.05) is 0 Å². The molecule has 4 heterocycles. The average molecular weight is 460 g/mol. The first kappa shape index (κ1) is 21.0. The summed E-state index contributed by atoms with van der Waals surface area (Å²) in [5, 5.41) is 6.53. The van der Waals surface area contributed by atoms with Gasteiger partial charge in [0, 0.05) is 56.0 Å². The fourth-order valence-corrected chi connectivity index (χ4v) is 5.02. The number of aryl methyl sites for hydroxylation is 1. The Bertz CT molecular complexity index is 1410. The van der Waals surface area contributed by atoms with E-state index >= 15 is 0 Å². The van der Waals surface area contributed by atoms with Crippen molar-refractivity contribution in [3.63, 3.8) is 0 Å². The number of anilines is 2. The summed E-state index contributed by atoms with van der Waals surface area (Å²) in [6.07, 6.45) is 9.18. The van der Waals surface area contributed by atoms with Crippen molar-refractivity contribution < 1.29 is 9.18 Å². The largest absolute Gasteiger partial charge is 0.367 e. The van der Waals surface area contributed by atoms with E-state index in [0.717, 1.165) is 24.7 Å². The zero-order valence-electron chi connectivity index (χ0n) is 19.1. The van der Waals surface area contributed by atoms with Gasteiger partial charge in [-0.2, -0.15) is 0 Å². The number of fused-ring (bicyclic) bond motifs is 2. The van der Waals surface area contributed by atoms with Gasteiger partial charge in [-0.05, 0) is 44.7 Å². The molecule has 1 amide bonds. The third-order valence-corrected chi connectivity index (χ3v) is 6.67. The highest BCUT2D eigenvalue weighted by atomic mass is 19.1. The first-order valence-electron chi connectivity index (χ1n) is 11.7. The Morgan fingerprint density at radius 2 is 1.94 bits per heavy atom. The summed E-state index contributed by atoms with van der Waals surface area (Å²) in [6, 6.07) is 5.86. The van der Waals surface area contributed by atoms with Crippen molar-refractivity contribution in [2.75, 3.05) is 23.3 Å². The number of nitrogens with zero attached hydrogens (tertiary/aromatic N) is 5. The van der Waals surface area contributed by atoms with Gasteiger partial charge in [0.15, 0.2) is 11.5 Å². The van der Waals surface area contributed by atoms with Crippen molar-refractivity contribution in [3.05, 3.63) is 60.1 Å². The molecule has 9 heteroatoms. The van der Waals surface area contributed by atoms with Crippen molar-refractivity contribution >= 4 is 34.0 Å². The summed E-state index contributed by atoms with van der Waals surface area (Å²) in [7, 11) is 0. The molecule has 0 bridgehead atoms. The number of carbonyl (C=O) groups excluding carboxylic acids is 1. The van der Waals surface area contributed by atoms with Crippen LogP contribution in [0.15, 0.2) is 43.0 Å².